The van der Waals surface area contributed by atoms with Gasteiger partial charge in [0.15, 0.2) is 0 Å². The maximum absolute atomic E-state index is 11.2. The van der Waals surface area contributed by atoms with Gasteiger partial charge in [-0.15, -0.1) is 12.6 Å². The summed E-state index contributed by atoms with van der Waals surface area (Å²) in [5.41, 5.74) is -0.728. The van der Waals surface area contributed by atoms with E-state index in [1.165, 1.54) is 12.1 Å². The summed E-state index contributed by atoms with van der Waals surface area (Å²) >= 11 is 19.8. The third-order valence-electron chi connectivity index (χ3n) is 1.79. The Bertz CT molecular complexity index is 505. The predicted molar refractivity (Wildman–Crippen MR) is 64.2 cm³/mol. The van der Waals surface area contributed by atoms with E-state index in [0.717, 1.165) is 0 Å². The van der Waals surface area contributed by atoms with Crippen molar-refractivity contribution in [2.45, 2.75) is 4.90 Å². The van der Waals surface area contributed by atoms with Crippen LogP contribution in [0.4, 0.5) is 0 Å². The van der Waals surface area contributed by atoms with Gasteiger partial charge in [-0.25, -0.2) is 0 Å². The maximum atomic E-state index is 11.2. The van der Waals surface area contributed by atoms with E-state index in [1.807, 2.05) is 0 Å². The van der Waals surface area contributed by atoms with Crippen molar-refractivity contribution in [2.75, 3.05) is 0 Å². The van der Waals surface area contributed by atoms with Gasteiger partial charge in [-0.3, -0.25) is 14.4 Å². The summed E-state index contributed by atoms with van der Waals surface area (Å²) in [6, 6.07) is 2.58. The van der Waals surface area contributed by atoms with Crippen LogP contribution in [0.15, 0.2) is 17.0 Å². The van der Waals surface area contributed by atoms with Crippen LogP contribution >= 0.6 is 47.4 Å². The monoisotopic (exact) mass is 360 g/mol. The number of rotatable bonds is 3. The fourth-order valence-electron chi connectivity index (χ4n) is 1.16. The molecule has 0 saturated carbocycles. The molecule has 1 aromatic carbocycles. The zero-order chi connectivity index (χ0) is 12.5. The van der Waals surface area contributed by atoms with E-state index in [4.69, 9.17) is 34.8 Å². The molecule has 1 rings (SSSR count). The molecule has 0 saturated heterocycles. The van der Waals surface area contributed by atoms with E-state index in [-0.39, 0.29) is 41.1 Å². The first-order valence-corrected chi connectivity index (χ1v) is 5.39. The number of hydrogen-bond donors (Lipinski definition) is 1. The third-order valence-corrected chi connectivity index (χ3v) is 2.74. The zero-order valence-corrected chi connectivity index (χ0v) is 14.3. The van der Waals surface area contributed by atoms with E-state index >= 15 is 0 Å². The quantitative estimate of drug-likeness (QED) is 0.510. The fourth-order valence-corrected chi connectivity index (χ4v) is 2.06. The molecule has 0 bridgehead atoms. The first kappa shape index (κ1) is 17.1. The summed E-state index contributed by atoms with van der Waals surface area (Å²) in [5.74, 6) is 0. The van der Waals surface area contributed by atoms with Crippen molar-refractivity contribution >= 4 is 63.2 Å². The summed E-state index contributed by atoms with van der Waals surface area (Å²) in [6.07, 6.45) is 0. The number of carbonyl (C=O) groups is 3. The fraction of sp³-hybridized carbons (Fsp3) is 0. The van der Waals surface area contributed by atoms with Crippen LogP contribution in [0, 0.1) is 0 Å². The molecule has 0 amide bonds. The third kappa shape index (κ3) is 3.77. The molecule has 0 spiro atoms. The summed E-state index contributed by atoms with van der Waals surface area (Å²) in [7, 11) is 0. The average Bonchev–Trinajstić information content (AvgIpc) is 2.15. The summed E-state index contributed by atoms with van der Waals surface area (Å²) in [4.78, 5) is 33.5. The smallest absolute Gasteiger partial charge is 0.254 e. The minimum absolute atomic E-state index is 0. The van der Waals surface area contributed by atoms with Gasteiger partial charge in [0, 0.05) is 29.9 Å². The Morgan fingerprint density at radius 1 is 0.882 bits per heavy atom. The molecule has 0 radical (unpaired) electrons. The van der Waals surface area contributed by atoms with Crippen molar-refractivity contribution < 1.29 is 33.9 Å². The van der Waals surface area contributed by atoms with Crippen LogP contribution in [0.3, 0.4) is 0 Å². The van der Waals surface area contributed by atoms with Gasteiger partial charge >= 0.3 is 0 Å². The van der Waals surface area contributed by atoms with Crippen LogP contribution in [-0.2, 0) is 19.5 Å². The van der Waals surface area contributed by atoms with Crippen molar-refractivity contribution in [1.29, 1.82) is 0 Å². The molecule has 0 fully saturated rings. The average molecular weight is 363 g/mol. The predicted octanol–water partition coefficient (Wildman–Crippen LogP) is 3.11. The maximum Gasteiger partial charge on any atom is 0.254 e. The van der Waals surface area contributed by atoms with Gasteiger partial charge in [-0.2, -0.15) is 0 Å². The standard InChI is InChI=1S/C9H3Cl3O3S.Zn/c10-7(13)3-1-2-4(16)6(9(12)15)5(3)8(11)14;/h1-2,16H;. The number of halogens is 3. The largest absolute Gasteiger partial charge is 0.276 e. The van der Waals surface area contributed by atoms with Crippen LogP contribution in [0.1, 0.15) is 31.1 Å². The Hall–Kier alpha value is 0.0734. The number of carbonyl (C=O) groups excluding carboxylic acids is 3. The first-order valence-electron chi connectivity index (χ1n) is 3.81. The van der Waals surface area contributed by atoms with Crippen LogP contribution in [0.2, 0.25) is 0 Å². The summed E-state index contributed by atoms with van der Waals surface area (Å²) in [5, 5.41) is -2.84. The minimum Gasteiger partial charge on any atom is -0.276 e. The van der Waals surface area contributed by atoms with Gasteiger partial charge < -0.3 is 0 Å². The van der Waals surface area contributed by atoms with Gasteiger partial charge in [-0.05, 0) is 46.9 Å². The number of thiol groups is 1. The molecule has 0 aliphatic carbocycles. The Kier molecular flexibility index (Phi) is 6.89. The Labute approximate surface area is 130 Å². The Balaban J connectivity index is 0.00000256. The van der Waals surface area contributed by atoms with Crippen LogP contribution in [-0.4, -0.2) is 15.7 Å². The molecule has 17 heavy (non-hydrogen) atoms. The second-order valence-corrected chi connectivity index (χ2v) is 4.22. The SMILES string of the molecule is O=C(Cl)c1ccc(S)c(C(=O)Cl)c1C(=O)Cl.[Zn]. The number of hydrogen-bond acceptors (Lipinski definition) is 4. The van der Waals surface area contributed by atoms with Crippen LogP contribution in [0.5, 0.6) is 0 Å². The van der Waals surface area contributed by atoms with Crippen molar-refractivity contribution in [3.63, 3.8) is 0 Å². The molecule has 0 aliphatic rings. The second kappa shape index (κ2) is 6.86. The van der Waals surface area contributed by atoms with Crippen molar-refractivity contribution in [2.24, 2.45) is 0 Å². The van der Waals surface area contributed by atoms with Crippen molar-refractivity contribution in [3.8, 4) is 0 Å². The van der Waals surface area contributed by atoms with Crippen LogP contribution < -0.4 is 0 Å². The van der Waals surface area contributed by atoms with Gasteiger partial charge in [0.25, 0.3) is 15.7 Å². The molecule has 0 aromatic heterocycles. The molecule has 1 aromatic rings. The van der Waals surface area contributed by atoms with E-state index in [1.54, 1.807) is 0 Å². The van der Waals surface area contributed by atoms with E-state index in [0.29, 0.717) is 0 Å². The molecule has 0 aliphatic heterocycles. The van der Waals surface area contributed by atoms with E-state index in [9.17, 15) is 14.4 Å². The molecule has 0 N–H and O–H groups in total. The molecular formula is C9H3Cl3O3SZn. The topological polar surface area (TPSA) is 51.2 Å². The summed E-state index contributed by atoms with van der Waals surface area (Å²) < 4.78 is 0. The van der Waals surface area contributed by atoms with Gasteiger partial charge in [-0.1, -0.05) is 0 Å². The van der Waals surface area contributed by atoms with Crippen LogP contribution in [0.25, 0.3) is 0 Å². The molecular weight excluding hydrogens is 360 g/mol. The van der Waals surface area contributed by atoms with Crippen molar-refractivity contribution in [3.05, 3.63) is 28.8 Å². The van der Waals surface area contributed by atoms with E-state index < -0.39 is 15.7 Å². The number of benzene rings is 1. The zero-order valence-electron chi connectivity index (χ0n) is 8.17. The molecule has 0 unspecified atom stereocenters. The van der Waals surface area contributed by atoms with E-state index in [2.05, 4.69) is 12.6 Å². The molecule has 3 nitrogen and oxygen atoms in total. The van der Waals surface area contributed by atoms with Gasteiger partial charge in [0.2, 0.25) is 0 Å². The first-order chi connectivity index (χ1) is 7.36. The normalized spacial score (nSPS) is 9.41. The Morgan fingerprint density at radius 2 is 1.35 bits per heavy atom. The van der Waals surface area contributed by atoms with Crippen molar-refractivity contribution in [1.82, 2.24) is 0 Å². The molecule has 0 heterocycles. The minimum atomic E-state index is -0.996. The van der Waals surface area contributed by atoms with Gasteiger partial charge in [0.1, 0.15) is 0 Å². The Morgan fingerprint density at radius 3 is 1.71 bits per heavy atom. The molecule has 8 heteroatoms. The second-order valence-electron chi connectivity index (χ2n) is 2.70. The summed E-state index contributed by atoms with van der Waals surface area (Å²) in [6.45, 7) is 0. The molecule has 86 valence electrons. The molecule has 0 atom stereocenters. The van der Waals surface area contributed by atoms with Gasteiger partial charge in [0.05, 0.1) is 11.1 Å².